The molecule has 0 spiro atoms. The highest BCUT2D eigenvalue weighted by Crippen LogP contribution is 2.24. The molecule has 3 rings (SSSR count). The minimum Gasteiger partial charge on any atom is -0.341 e. The highest BCUT2D eigenvalue weighted by Gasteiger charge is 2.22. The second-order valence-corrected chi connectivity index (χ2v) is 5.97. The van der Waals surface area contributed by atoms with Crippen LogP contribution >= 0.6 is 23.2 Å². The Hall–Kier alpha value is -1.39. The molecule has 0 radical (unpaired) electrons. The lowest BCUT2D eigenvalue weighted by Crippen LogP contribution is -2.35. The SMILES string of the molecule is Clc1nc(Cl)nc(N2CCC(Cc3ccccc3)CC2)n1. The topological polar surface area (TPSA) is 41.9 Å². The molecule has 2 heterocycles. The van der Waals surface area contributed by atoms with Crippen molar-refractivity contribution in [1.29, 1.82) is 0 Å². The van der Waals surface area contributed by atoms with E-state index in [1.165, 1.54) is 5.56 Å². The minimum atomic E-state index is 0.149. The van der Waals surface area contributed by atoms with Crippen LogP contribution in [-0.4, -0.2) is 28.0 Å². The molecule has 110 valence electrons. The number of benzene rings is 1. The number of hydrogen-bond acceptors (Lipinski definition) is 4. The Balaban J connectivity index is 1.60. The van der Waals surface area contributed by atoms with Crippen LogP contribution in [0, 0.1) is 5.92 Å². The Bertz CT molecular complexity index is 578. The maximum atomic E-state index is 5.83. The van der Waals surface area contributed by atoms with Crippen LogP contribution in [0.5, 0.6) is 0 Å². The third kappa shape index (κ3) is 3.83. The fourth-order valence-corrected chi connectivity index (χ4v) is 3.10. The molecule has 0 bridgehead atoms. The van der Waals surface area contributed by atoms with Crippen molar-refractivity contribution in [3.05, 3.63) is 46.5 Å². The average Bonchev–Trinajstić information content (AvgIpc) is 2.48. The Morgan fingerprint density at radius 2 is 1.57 bits per heavy atom. The summed E-state index contributed by atoms with van der Waals surface area (Å²) in [6.45, 7) is 1.85. The maximum Gasteiger partial charge on any atom is 0.230 e. The van der Waals surface area contributed by atoms with E-state index in [-0.39, 0.29) is 10.6 Å². The van der Waals surface area contributed by atoms with E-state index in [0.29, 0.717) is 11.9 Å². The molecule has 0 unspecified atom stereocenters. The van der Waals surface area contributed by atoms with Gasteiger partial charge in [0.25, 0.3) is 0 Å². The Morgan fingerprint density at radius 1 is 0.952 bits per heavy atom. The molecular weight excluding hydrogens is 307 g/mol. The van der Waals surface area contributed by atoms with Crippen molar-refractivity contribution in [3.63, 3.8) is 0 Å². The summed E-state index contributed by atoms with van der Waals surface area (Å²) in [7, 11) is 0. The van der Waals surface area contributed by atoms with Crippen molar-refractivity contribution < 1.29 is 0 Å². The lowest BCUT2D eigenvalue weighted by Gasteiger charge is -2.32. The fourth-order valence-electron chi connectivity index (χ4n) is 2.74. The van der Waals surface area contributed by atoms with Crippen molar-refractivity contribution in [2.24, 2.45) is 5.92 Å². The van der Waals surface area contributed by atoms with Crippen molar-refractivity contribution >= 4 is 29.2 Å². The first-order valence-corrected chi connectivity index (χ1v) is 7.82. The van der Waals surface area contributed by atoms with Crippen molar-refractivity contribution in [3.8, 4) is 0 Å². The summed E-state index contributed by atoms with van der Waals surface area (Å²) < 4.78 is 0. The molecule has 0 amide bonds. The number of piperidine rings is 1. The Kier molecular flexibility index (Phi) is 4.56. The summed E-state index contributed by atoms with van der Waals surface area (Å²) in [5.74, 6) is 1.29. The van der Waals surface area contributed by atoms with Gasteiger partial charge >= 0.3 is 0 Å². The number of hydrogen-bond donors (Lipinski definition) is 0. The second-order valence-electron chi connectivity index (χ2n) is 5.29. The fraction of sp³-hybridized carbons (Fsp3) is 0.400. The molecule has 1 aliphatic rings. The lowest BCUT2D eigenvalue weighted by molar-refractivity contribution is 0.400. The smallest absolute Gasteiger partial charge is 0.230 e. The molecule has 1 aliphatic heterocycles. The monoisotopic (exact) mass is 322 g/mol. The first-order valence-electron chi connectivity index (χ1n) is 7.06. The number of halogens is 2. The van der Waals surface area contributed by atoms with Crippen LogP contribution < -0.4 is 4.90 Å². The molecular formula is C15H16Cl2N4. The number of anilines is 1. The molecule has 1 aromatic carbocycles. The summed E-state index contributed by atoms with van der Waals surface area (Å²) >= 11 is 11.7. The van der Waals surface area contributed by atoms with Crippen LogP contribution in [-0.2, 0) is 6.42 Å². The van der Waals surface area contributed by atoms with Gasteiger partial charge in [0.1, 0.15) is 0 Å². The van der Waals surface area contributed by atoms with Crippen LogP contribution in [0.4, 0.5) is 5.95 Å². The van der Waals surface area contributed by atoms with E-state index >= 15 is 0 Å². The number of rotatable bonds is 3. The average molecular weight is 323 g/mol. The van der Waals surface area contributed by atoms with Gasteiger partial charge in [-0.15, -0.1) is 0 Å². The quantitative estimate of drug-likeness (QED) is 0.865. The second kappa shape index (κ2) is 6.58. The zero-order valence-corrected chi connectivity index (χ0v) is 13.1. The Morgan fingerprint density at radius 3 is 2.19 bits per heavy atom. The van der Waals surface area contributed by atoms with Gasteiger partial charge < -0.3 is 4.90 Å². The largest absolute Gasteiger partial charge is 0.341 e. The van der Waals surface area contributed by atoms with E-state index < -0.39 is 0 Å². The van der Waals surface area contributed by atoms with E-state index in [1.807, 2.05) is 0 Å². The molecule has 0 saturated carbocycles. The van der Waals surface area contributed by atoms with E-state index in [2.05, 4.69) is 50.2 Å². The molecule has 1 saturated heterocycles. The maximum absolute atomic E-state index is 5.83. The van der Waals surface area contributed by atoms with Gasteiger partial charge in [-0.1, -0.05) is 30.3 Å². The van der Waals surface area contributed by atoms with E-state index in [0.717, 1.165) is 32.4 Å². The van der Waals surface area contributed by atoms with E-state index in [4.69, 9.17) is 23.2 Å². The van der Waals surface area contributed by atoms with Gasteiger partial charge in [-0.3, -0.25) is 0 Å². The van der Waals surface area contributed by atoms with Crippen LogP contribution in [0.1, 0.15) is 18.4 Å². The standard InChI is InChI=1S/C15H16Cl2N4/c16-13-18-14(17)20-15(19-13)21-8-6-12(7-9-21)10-11-4-2-1-3-5-11/h1-5,12H,6-10H2. The van der Waals surface area contributed by atoms with E-state index in [9.17, 15) is 0 Å². The van der Waals surface area contributed by atoms with Gasteiger partial charge in [0, 0.05) is 13.1 Å². The predicted molar refractivity (Wildman–Crippen MR) is 84.9 cm³/mol. The molecule has 0 atom stereocenters. The van der Waals surface area contributed by atoms with Gasteiger partial charge in [0.05, 0.1) is 0 Å². The molecule has 1 aromatic heterocycles. The highest BCUT2D eigenvalue weighted by atomic mass is 35.5. The van der Waals surface area contributed by atoms with Crippen LogP contribution in [0.15, 0.2) is 30.3 Å². The lowest BCUT2D eigenvalue weighted by atomic mass is 9.90. The molecule has 6 heteroatoms. The van der Waals surface area contributed by atoms with Gasteiger partial charge in [-0.2, -0.15) is 15.0 Å². The normalized spacial score (nSPS) is 16.2. The van der Waals surface area contributed by atoms with E-state index in [1.54, 1.807) is 0 Å². The number of nitrogens with zero attached hydrogens (tertiary/aromatic N) is 4. The van der Waals surface area contributed by atoms with Crippen molar-refractivity contribution in [2.45, 2.75) is 19.3 Å². The van der Waals surface area contributed by atoms with Gasteiger partial charge in [0.2, 0.25) is 16.5 Å². The molecule has 4 nitrogen and oxygen atoms in total. The molecule has 2 aromatic rings. The van der Waals surface area contributed by atoms with Crippen LogP contribution in [0.2, 0.25) is 10.6 Å². The number of aromatic nitrogens is 3. The zero-order valence-electron chi connectivity index (χ0n) is 11.5. The van der Waals surface area contributed by atoms with Crippen LogP contribution in [0.3, 0.4) is 0 Å². The summed E-state index contributed by atoms with van der Waals surface area (Å²) in [6, 6.07) is 10.6. The molecule has 1 fully saturated rings. The third-order valence-corrected chi connectivity index (χ3v) is 4.17. The summed E-state index contributed by atoms with van der Waals surface area (Å²) in [6.07, 6.45) is 3.37. The van der Waals surface area contributed by atoms with Gasteiger partial charge in [-0.25, -0.2) is 0 Å². The Labute approximate surface area is 134 Å². The minimum absolute atomic E-state index is 0.149. The van der Waals surface area contributed by atoms with Gasteiger partial charge in [-0.05, 0) is 53.9 Å². The summed E-state index contributed by atoms with van der Waals surface area (Å²) in [5.41, 5.74) is 1.40. The predicted octanol–water partition coefficient (Wildman–Crippen LogP) is 3.64. The van der Waals surface area contributed by atoms with Crippen molar-refractivity contribution in [2.75, 3.05) is 18.0 Å². The first kappa shape index (κ1) is 14.5. The zero-order chi connectivity index (χ0) is 14.7. The highest BCUT2D eigenvalue weighted by molar-refractivity contribution is 6.31. The molecule has 0 N–H and O–H groups in total. The summed E-state index contributed by atoms with van der Waals surface area (Å²) in [5, 5.41) is 0.299. The van der Waals surface area contributed by atoms with Crippen molar-refractivity contribution in [1.82, 2.24) is 15.0 Å². The summed E-state index contributed by atoms with van der Waals surface area (Å²) in [4.78, 5) is 14.2. The first-order chi connectivity index (χ1) is 10.2. The molecule has 0 aliphatic carbocycles. The van der Waals surface area contributed by atoms with Crippen LogP contribution in [0.25, 0.3) is 0 Å². The molecule has 21 heavy (non-hydrogen) atoms. The third-order valence-electron chi connectivity index (χ3n) is 3.83. The van der Waals surface area contributed by atoms with Gasteiger partial charge in [0.15, 0.2) is 0 Å².